The standard InChI is InChI=1S/C11H16N2O2S/c1-2-13-8-10(9-13)12-16(14,15)11-6-4-3-5-7-11/h3-7,10,12H,2,8-9H2,1H3. The molecule has 1 aromatic rings. The zero-order chi connectivity index (χ0) is 11.6. The molecule has 1 aliphatic rings. The van der Waals surface area contributed by atoms with Crippen LogP contribution >= 0.6 is 0 Å². The van der Waals surface area contributed by atoms with E-state index in [2.05, 4.69) is 16.5 Å². The highest BCUT2D eigenvalue weighted by Gasteiger charge is 2.29. The minimum atomic E-state index is -3.33. The maximum atomic E-state index is 11.9. The maximum Gasteiger partial charge on any atom is 0.240 e. The van der Waals surface area contributed by atoms with Gasteiger partial charge in [-0.05, 0) is 18.7 Å². The van der Waals surface area contributed by atoms with E-state index in [1.165, 1.54) is 0 Å². The van der Waals surface area contributed by atoms with Gasteiger partial charge in [-0.1, -0.05) is 25.1 Å². The summed E-state index contributed by atoms with van der Waals surface area (Å²) in [6.45, 7) is 4.66. The molecule has 4 nitrogen and oxygen atoms in total. The second kappa shape index (κ2) is 4.53. The van der Waals surface area contributed by atoms with Crippen molar-refractivity contribution in [2.75, 3.05) is 19.6 Å². The summed E-state index contributed by atoms with van der Waals surface area (Å²) in [5.41, 5.74) is 0. The lowest BCUT2D eigenvalue weighted by Crippen LogP contribution is -2.58. The Morgan fingerprint density at radius 1 is 1.31 bits per heavy atom. The van der Waals surface area contributed by atoms with Crippen LogP contribution < -0.4 is 4.72 Å². The number of sulfonamides is 1. The Kier molecular flexibility index (Phi) is 3.28. The van der Waals surface area contributed by atoms with Crippen molar-refractivity contribution in [3.05, 3.63) is 30.3 Å². The van der Waals surface area contributed by atoms with Crippen LogP contribution in [0.1, 0.15) is 6.92 Å². The van der Waals surface area contributed by atoms with Crippen LogP contribution in [0.2, 0.25) is 0 Å². The molecular formula is C11H16N2O2S. The van der Waals surface area contributed by atoms with Crippen LogP contribution in [0.4, 0.5) is 0 Å². The summed E-state index contributed by atoms with van der Waals surface area (Å²) >= 11 is 0. The fraction of sp³-hybridized carbons (Fsp3) is 0.455. The first kappa shape index (κ1) is 11.6. The lowest BCUT2D eigenvalue weighted by molar-refractivity contribution is 0.149. The average Bonchev–Trinajstić information content (AvgIpc) is 2.24. The van der Waals surface area contributed by atoms with Crippen molar-refractivity contribution in [2.45, 2.75) is 17.9 Å². The Morgan fingerprint density at radius 3 is 2.50 bits per heavy atom. The third-order valence-electron chi connectivity index (χ3n) is 2.78. The van der Waals surface area contributed by atoms with Gasteiger partial charge in [0.05, 0.1) is 4.90 Å². The third kappa shape index (κ3) is 2.42. The molecular weight excluding hydrogens is 224 g/mol. The van der Waals surface area contributed by atoms with E-state index in [9.17, 15) is 8.42 Å². The van der Waals surface area contributed by atoms with Gasteiger partial charge in [-0.25, -0.2) is 13.1 Å². The molecule has 0 unspecified atom stereocenters. The van der Waals surface area contributed by atoms with E-state index in [-0.39, 0.29) is 6.04 Å². The Labute approximate surface area is 96.3 Å². The van der Waals surface area contributed by atoms with Gasteiger partial charge in [-0.15, -0.1) is 0 Å². The van der Waals surface area contributed by atoms with Crippen LogP contribution in [0, 0.1) is 0 Å². The summed E-state index contributed by atoms with van der Waals surface area (Å²) in [5, 5.41) is 0. The highest BCUT2D eigenvalue weighted by molar-refractivity contribution is 7.89. The van der Waals surface area contributed by atoms with Gasteiger partial charge in [0.25, 0.3) is 0 Å². The molecule has 0 spiro atoms. The van der Waals surface area contributed by atoms with E-state index in [0.29, 0.717) is 4.90 Å². The minimum absolute atomic E-state index is 0.0603. The Bertz CT molecular complexity index is 438. The van der Waals surface area contributed by atoms with Crippen molar-refractivity contribution in [1.82, 2.24) is 9.62 Å². The summed E-state index contributed by atoms with van der Waals surface area (Å²) in [4.78, 5) is 2.53. The van der Waals surface area contributed by atoms with Gasteiger partial charge in [0.1, 0.15) is 0 Å². The molecule has 0 radical (unpaired) electrons. The fourth-order valence-corrected chi connectivity index (χ4v) is 3.03. The van der Waals surface area contributed by atoms with E-state index < -0.39 is 10.0 Å². The number of benzene rings is 1. The molecule has 1 aromatic carbocycles. The second-order valence-electron chi connectivity index (χ2n) is 3.98. The first-order valence-electron chi connectivity index (χ1n) is 5.41. The van der Waals surface area contributed by atoms with Crippen molar-refractivity contribution < 1.29 is 8.42 Å². The number of nitrogens with one attached hydrogen (secondary N) is 1. The van der Waals surface area contributed by atoms with Crippen molar-refractivity contribution in [3.63, 3.8) is 0 Å². The Morgan fingerprint density at radius 2 is 1.94 bits per heavy atom. The van der Waals surface area contributed by atoms with E-state index in [1.54, 1.807) is 30.3 Å². The molecule has 0 bridgehead atoms. The quantitative estimate of drug-likeness (QED) is 0.841. The van der Waals surface area contributed by atoms with Gasteiger partial charge < -0.3 is 4.90 Å². The van der Waals surface area contributed by atoms with Crippen LogP contribution in [0.3, 0.4) is 0 Å². The SMILES string of the molecule is CCN1CC(NS(=O)(=O)c2ccccc2)C1. The first-order chi connectivity index (χ1) is 7.62. The van der Waals surface area contributed by atoms with Crippen LogP contribution in [0.5, 0.6) is 0 Å². The van der Waals surface area contributed by atoms with Crippen molar-refractivity contribution in [2.24, 2.45) is 0 Å². The minimum Gasteiger partial charge on any atom is -0.300 e. The fourth-order valence-electron chi connectivity index (χ4n) is 1.79. The van der Waals surface area contributed by atoms with Gasteiger partial charge in [-0.3, -0.25) is 0 Å². The third-order valence-corrected chi connectivity index (χ3v) is 4.32. The van der Waals surface area contributed by atoms with Gasteiger partial charge >= 0.3 is 0 Å². The van der Waals surface area contributed by atoms with Crippen molar-refractivity contribution in [3.8, 4) is 0 Å². The molecule has 0 aliphatic carbocycles. The molecule has 0 aromatic heterocycles. The summed E-state index contributed by atoms with van der Waals surface area (Å²) in [7, 11) is -3.33. The lowest BCUT2D eigenvalue weighted by Gasteiger charge is -2.38. The summed E-state index contributed by atoms with van der Waals surface area (Å²) in [6.07, 6.45) is 0. The molecule has 2 rings (SSSR count). The van der Waals surface area contributed by atoms with Gasteiger partial charge in [0.15, 0.2) is 0 Å². The number of likely N-dealkylation sites (N-methyl/N-ethyl adjacent to an activating group) is 1. The zero-order valence-corrected chi connectivity index (χ0v) is 10.1. The molecule has 0 saturated carbocycles. The number of hydrogen-bond acceptors (Lipinski definition) is 3. The molecule has 16 heavy (non-hydrogen) atoms. The Balaban J connectivity index is 2.00. The van der Waals surface area contributed by atoms with Crippen molar-refractivity contribution >= 4 is 10.0 Å². The monoisotopic (exact) mass is 240 g/mol. The predicted octanol–water partition coefficient (Wildman–Crippen LogP) is 0.669. The van der Waals surface area contributed by atoms with Crippen LogP contribution in [-0.2, 0) is 10.0 Å². The normalized spacial score (nSPS) is 18.3. The van der Waals surface area contributed by atoms with Gasteiger partial charge in [0.2, 0.25) is 10.0 Å². The Hall–Kier alpha value is -0.910. The highest BCUT2D eigenvalue weighted by atomic mass is 32.2. The lowest BCUT2D eigenvalue weighted by atomic mass is 10.1. The first-order valence-corrected chi connectivity index (χ1v) is 6.90. The topological polar surface area (TPSA) is 49.4 Å². The van der Waals surface area contributed by atoms with Crippen LogP contribution in [-0.4, -0.2) is 39.0 Å². The predicted molar refractivity (Wildman–Crippen MR) is 62.7 cm³/mol. The summed E-state index contributed by atoms with van der Waals surface area (Å²) in [6, 6.07) is 8.55. The van der Waals surface area contributed by atoms with Crippen molar-refractivity contribution in [1.29, 1.82) is 0 Å². The molecule has 5 heteroatoms. The number of nitrogens with zero attached hydrogens (tertiary/aromatic N) is 1. The number of rotatable bonds is 4. The highest BCUT2D eigenvalue weighted by Crippen LogP contribution is 2.12. The largest absolute Gasteiger partial charge is 0.300 e. The van der Waals surface area contributed by atoms with E-state index in [0.717, 1.165) is 19.6 Å². The molecule has 1 N–H and O–H groups in total. The maximum absolute atomic E-state index is 11.9. The molecule has 1 saturated heterocycles. The number of hydrogen-bond donors (Lipinski definition) is 1. The van der Waals surface area contributed by atoms with Crippen LogP contribution in [0.15, 0.2) is 35.2 Å². The zero-order valence-electron chi connectivity index (χ0n) is 9.26. The average molecular weight is 240 g/mol. The smallest absolute Gasteiger partial charge is 0.240 e. The van der Waals surface area contributed by atoms with Gasteiger partial charge in [0, 0.05) is 19.1 Å². The van der Waals surface area contributed by atoms with E-state index >= 15 is 0 Å². The molecule has 1 heterocycles. The van der Waals surface area contributed by atoms with E-state index in [1.807, 2.05) is 0 Å². The molecule has 0 amide bonds. The van der Waals surface area contributed by atoms with Crippen LogP contribution in [0.25, 0.3) is 0 Å². The number of likely N-dealkylation sites (tertiary alicyclic amines) is 1. The summed E-state index contributed by atoms with van der Waals surface area (Å²) < 4.78 is 26.5. The summed E-state index contributed by atoms with van der Waals surface area (Å²) in [5.74, 6) is 0. The molecule has 88 valence electrons. The second-order valence-corrected chi connectivity index (χ2v) is 5.70. The van der Waals surface area contributed by atoms with E-state index in [4.69, 9.17) is 0 Å². The molecule has 0 atom stereocenters. The molecule has 1 fully saturated rings. The molecule has 1 aliphatic heterocycles. The van der Waals surface area contributed by atoms with Gasteiger partial charge in [-0.2, -0.15) is 0 Å².